The van der Waals surface area contributed by atoms with Crippen molar-refractivity contribution < 1.29 is 17.7 Å². The fraction of sp³-hybridized carbons (Fsp3) is 0.318. The van der Waals surface area contributed by atoms with Gasteiger partial charge in [-0.25, -0.2) is 8.42 Å². The van der Waals surface area contributed by atoms with Gasteiger partial charge in [0, 0.05) is 25.7 Å². The van der Waals surface area contributed by atoms with Crippen LogP contribution in [0.15, 0.2) is 64.0 Å². The van der Waals surface area contributed by atoms with Crippen LogP contribution < -0.4 is 0 Å². The maximum atomic E-state index is 13.0. The van der Waals surface area contributed by atoms with Gasteiger partial charge in [0.2, 0.25) is 27.6 Å². The summed E-state index contributed by atoms with van der Waals surface area (Å²) < 4.78 is 32.6. The van der Waals surface area contributed by atoms with Crippen LogP contribution in [-0.2, 0) is 21.4 Å². The number of rotatable bonds is 6. The van der Waals surface area contributed by atoms with Crippen molar-refractivity contribution in [2.24, 2.45) is 5.92 Å². The number of halogens is 1. The van der Waals surface area contributed by atoms with Crippen LogP contribution in [0.4, 0.5) is 0 Å². The van der Waals surface area contributed by atoms with E-state index in [9.17, 15) is 13.2 Å². The summed E-state index contributed by atoms with van der Waals surface area (Å²) in [6, 6.07) is 15.4. The summed E-state index contributed by atoms with van der Waals surface area (Å²) in [5, 5.41) is 4.46. The molecule has 0 aliphatic carbocycles. The highest BCUT2D eigenvalue weighted by Gasteiger charge is 2.34. The number of carbonyl (C=O) groups excluding carboxylic acids is 1. The summed E-state index contributed by atoms with van der Waals surface area (Å²) in [6.07, 6.45) is 1.24. The Morgan fingerprint density at radius 3 is 2.66 bits per heavy atom. The first kappa shape index (κ1) is 22.4. The molecule has 1 saturated heterocycles. The first-order valence-corrected chi connectivity index (χ1v) is 12.1. The van der Waals surface area contributed by atoms with E-state index in [2.05, 4.69) is 10.1 Å². The van der Waals surface area contributed by atoms with Gasteiger partial charge in [-0.3, -0.25) is 4.79 Å². The van der Waals surface area contributed by atoms with E-state index >= 15 is 0 Å². The number of nitrogens with zero attached hydrogens (tertiary/aromatic N) is 4. The molecule has 0 radical (unpaired) electrons. The smallest absolute Gasteiger partial charge is 0.246 e. The summed E-state index contributed by atoms with van der Waals surface area (Å²) in [5.74, 6) is 0.0400. The summed E-state index contributed by atoms with van der Waals surface area (Å²) >= 11 is 6.18. The third kappa shape index (κ3) is 4.69. The molecule has 0 saturated carbocycles. The van der Waals surface area contributed by atoms with E-state index in [1.165, 1.54) is 9.21 Å². The van der Waals surface area contributed by atoms with Crippen LogP contribution in [0.5, 0.6) is 0 Å². The second-order valence-corrected chi connectivity index (χ2v) is 10.0. The van der Waals surface area contributed by atoms with Crippen LogP contribution in [0.1, 0.15) is 18.7 Å². The summed E-state index contributed by atoms with van der Waals surface area (Å²) in [4.78, 5) is 19.1. The average molecular weight is 475 g/mol. The monoisotopic (exact) mass is 474 g/mol. The SMILES string of the molecule is CN(Cc1nc(-c2ccccc2Cl)no1)C(=O)[C@H]1CCCN(S(=O)(=O)c2ccccc2)C1. The van der Waals surface area contributed by atoms with Crippen LogP contribution in [0.3, 0.4) is 0 Å². The number of carbonyl (C=O) groups is 1. The minimum Gasteiger partial charge on any atom is -0.337 e. The molecular weight excluding hydrogens is 452 g/mol. The molecule has 1 amide bonds. The van der Waals surface area contributed by atoms with Crippen LogP contribution in [0.2, 0.25) is 5.02 Å². The van der Waals surface area contributed by atoms with Crippen molar-refractivity contribution in [1.82, 2.24) is 19.3 Å². The van der Waals surface area contributed by atoms with Gasteiger partial charge >= 0.3 is 0 Å². The average Bonchev–Trinajstić information content (AvgIpc) is 3.27. The van der Waals surface area contributed by atoms with E-state index in [4.69, 9.17) is 16.1 Å². The first-order chi connectivity index (χ1) is 15.4. The van der Waals surface area contributed by atoms with Gasteiger partial charge in [0.15, 0.2) is 0 Å². The Balaban J connectivity index is 1.42. The van der Waals surface area contributed by atoms with Crippen LogP contribution in [-0.4, -0.2) is 53.8 Å². The molecule has 0 N–H and O–H groups in total. The number of amides is 1. The van der Waals surface area contributed by atoms with Gasteiger partial charge in [0.05, 0.1) is 22.4 Å². The summed E-state index contributed by atoms with van der Waals surface area (Å²) in [6.45, 7) is 0.670. The molecule has 0 unspecified atom stereocenters. The lowest BCUT2D eigenvalue weighted by molar-refractivity contribution is -0.136. The van der Waals surface area contributed by atoms with E-state index < -0.39 is 15.9 Å². The molecule has 168 valence electrons. The van der Waals surface area contributed by atoms with Crippen LogP contribution in [0.25, 0.3) is 11.4 Å². The fourth-order valence-corrected chi connectivity index (χ4v) is 5.53. The third-order valence-corrected chi connectivity index (χ3v) is 7.65. The van der Waals surface area contributed by atoms with Crippen molar-refractivity contribution in [2.75, 3.05) is 20.1 Å². The molecule has 0 bridgehead atoms. The zero-order valence-electron chi connectivity index (χ0n) is 17.5. The van der Waals surface area contributed by atoms with Crippen LogP contribution in [0, 0.1) is 5.92 Å². The summed E-state index contributed by atoms with van der Waals surface area (Å²) in [7, 11) is -1.99. The molecule has 10 heteroatoms. The van der Waals surface area contributed by atoms with Crippen molar-refractivity contribution in [1.29, 1.82) is 0 Å². The Morgan fingerprint density at radius 1 is 1.19 bits per heavy atom. The van der Waals surface area contributed by atoms with Crippen LogP contribution >= 0.6 is 11.6 Å². The normalized spacial score (nSPS) is 17.2. The second-order valence-electron chi connectivity index (χ2n) is 7.70. The number of hydrogen-bond acceptors (Lipinski definition) is 6. The highest BCUT2D eigenvalue weighted by molar-refractivity contribution is 7.89. The van der Waals surface area contributed by atoms with E-state index in [0.717, 1.165) is 0 Å². The lowest BCUT2D eigenvalue weighted by Crippen LogP contribution is -2.45. The van der Waals surface area contributed by atoms with Crippen molar-refractivity contribution >= 4 is 27.5 Å². The van der Waals surface area contributed by atoms with Crippen molar-refractivity contribution in [2.45, 2.75) is 24.3 Å². The van der Waals surface area contributed by atoms with Gasteiger partial charge in [0.1, 0.15) is 0 Å². The van der Waals surface area contributed by atoms with Gasteiger partial charge in [-0.2, -0.15) is 9.29 Å². The number of benzene rings is 2. The Bertz CT molecular complexity index is 1200. The number of sulfonamides is 1. The first-order valence-electron chi connectivity index (χ1n) is 10.2. The molecule has 2 heterocycles. The van der Waals surface area contributed by atoms with Gasteiger partial charge in [-0.05, 0) is 37.1 Å². The van der Waals surface area contributed by atoms with E-state index in [0.29, 0.717) is 35.8 Å². The van der Waals surface area contributed by atoms with E-state index in [1.54, 1.807) is 49.5 Å². The molecule has 2 aromatic carbocycles. The fourth-order valence-electron chi connectivity index (χ4n) is 3.77. The van der Waals surface area contributed by atoms with Gasteiger partial charge < -0.3 is 9.42 Å². The van der Waals surface area contributed by atoms with Gasteiger partial charge in [0.25, 0.3) is 0 Å². The Kier molecular flexibility index (Phi) is 6.59. The van der Waals surface area contributed by atoms with Crippen molar-refractivity contribution in [3.8, 4) is 11.4 Å². The molecule has 4 rings (SSSR count). The lowest BCUT2D eigenvalue weighted by atomic mass is 9.98. The minimum atomic E-state index is -3.64. The van der Waals surface area contributed by atoms with Crippen molar-refractivity contribution in [3.05, 3.63) is 65.5 Å². The van der Waals surface area contributed by atoms with Crippen molar-refractivity contribution in [3.63, 3.8) is 0 Å². The highest BCUT2D eigenvalue weighted by Crippen LogP contribution is 2.27. The third-order valence-electron chi connectivity index (χ3n) is 5.45. The second kappa shape index (κ2) is 9.40. The molecule has 1 aliphatic heterocycles. The predicted octanol–water partition coefficient (Wildman–Crippen LogP) is 3.45. The number of hydrogen-bond donors (Lipinski definition) is 0. The molecule has 3 aromatic rings. The summed E-state index contributed by atoms with van der Waals surface area (Å²) in [5.41, 5.74) is 0.646. The van der Waals surface area contributed by atoms with E-state index in [-0.39, 0.29) is 29.8 Å². The molecule has 0 spiro atoms. The Hall–Kier alpha value is -2.75. The molecule has 1 aromatic heterocycles. The minimum absolute atomic E-state index is 0.123. The van der Waals surface area contributed by atoms with E-state index in [1.807, 2.05) is 12.1 Å². The van der Waals surface area contributed by atoms with Gasteiger partial charge in [-0.1, -0.05) is 47.1 Å². The standard InChI is InChI=1S/C22H23ClN4O4S/c1-26(15-20-24-21(25-31-20)18-11-5-6-12-19(18)23)22(28)16-8-7-13-27(14-16)32(29,30)17-9-3-2-4-10-17/h2-6,9-12,16H,7-8,13-15H2,1H3/t16-/m0/s1. The Morgan fingerprint density at radius 2 is 1.91 bits per heavy atom. The zero-order chi connectivity index (χ0) is 22.7. The predicted molar refractivity (Wildman–Crippen MR) is 119 cm³/mol. The number of aromatic nitrogens is 2. The molecule has 1 atom stereocenters. The highest BCUT2D eigenvalue weighted by atomic mass is 35.5. The molecule has 8 nitrogen and oxygen atoms in total. The lowest BCUT2D eigenvalue weighted by Gasteiger charge is -2.33. The Labute approximate surface area is 191 Å². The molecule has 1 aliphatic rings. The van der Waals surface area contributed by atoms with Gasteiger partial charge in [-0.15, -0.1) is 0 Å². The molecule has 32 heavy (non-hydrogen) atoms. The quantitative estimate of drug-likeness (QED) is 0.542. The molecule has 1 fully saturated rings. The largest absolute Gasteiger partial charge is 0.337 e. The molecular formula is C22H23ClN4O4S. The maximum absolute atomic E-state index is 13.0. The number of piperidine rings is 1. The zero-order valence-corrected chi connectivity index (χ0v) is 19.1. The topological polar surface area (TPSA) is 96.6 Å². The maximum Gasteiger partial charge on any atom is 0.246 e.